The van der Waals surface area contributed by atoms with E-state index in [9.17, 15) is 14.7 Å². The molecule has 1 aliphatic heterocycles. The Balaban J connectivity index is 1.89. The third-order valence-electron chi connectivity index (χ3n) is 5.85. The molecule has 2 heterocycles. The second kappa shape index (κ2) is 10.7. The first-order chi connectivity index (χ1) is 15.3. The molecule has 0 unspecified atom stereocenters. The van der Waals surface area contributed by atoms with Gasteiger partial charge in [0, 0.05) is 43.7 Å². The molecule has 174 valence electrons. The molecule has 3 rings (SSSR count). The molecule has 0 bridgehead atoms. The number of aliphatic hydroxyl groups excluding tert-OH is 1. The number of carbonyl (C=O) groups excluding carboxylic acids is 2. The van der Waals surface area contributed by atoms with E-state index in [1.165, 1.54) is 0 Å². The van der Waals surface area contributed by atoms with Crippen LogP contribution in [-0.2, 0) is 0 Å². The Hall–Kier alpha value is -2.79. The van der Waals surface area contributed by atoms with Crippen molar-refractivity contribution >= 4 is 11.9 Å². The average Bonchev–Trinajstić information content (AvgIpc) is 3.62. The lowest BCUT2D eigenvalue weighted by molar-refractivity contribution is 0.0352. The van der Waals surface area contributed by atoms with Gasteiger partial charge in [-0.1, -0.05) is 25.7 Å². The van der Waals surface area contributed by atoms with E-state index in [1.807, 2.05) is 20.8 Å². The Morgan fingerprint density at radius 2 is 2.22 bits per heavy atom. The van der Waals surface area contributed by atoms with Crippen molar-refractivity contribution in [3.8, 4) is 17.7 Å². The van der Waals surface area contributed by atoms with Gasteiger partial charge in [-0.25, -0.2) is 9.78 Å². The first kappa shape index (κ1) is 23.9. The van der Waals surface area contributed by atoms with E-state index in [4.69, 9.17) is 4.74 Å². The SMILES string of the molecule is CCCNC(=O)N(C)C[C@@H]1Oc2ncc(C#CC3CC3)cc2C(=O)N([C@@H](C)CO)C[C@H]1C. The van der Waals surface area contributed by atoms with Crippen molar-refractivity contribution in [2.24, 2.45) is 11.8 Å². The number of urea groups is 1. The quantitative estimate of drug-likeness (QED) is 0.658. The van der Waals surface area contributed by atoms with E-state index in [0.29, 0.717) is 36.7 Å². The molecule has 1 aromatic heterocycles. The highest BCUT2D eigenvalue weighted by Gasteiger charge is 2.34. The van der Waals surface area contributed by atoms with Gasteiger partial charge in [0.1, 0.15) is 11.7 Å². The van der Waals surface area contributed by atoms with E-state index < -0.39 is 0 Å². The summed E-state index contributed by atoms with van der Waals surface area (Å²) in [6, 6.07) is 1.20. The van der Waals surface area contributed by atoms with Crippen LogP contribution in [0, 0.1) is 23.7 Å². The van der Waals surface area contributed by atoms with Gasteiger partial charge in [0.15, 0.2) is 0 Å². The normalized spacial score (nSPS) is 21.3. The zero-order chi connectivity index (χ0) is 23.3. The van der Waals surface area contributed by atoms with Crippen LogP contribution in [0.25, 0.3) is 0 Å². The molecule has 1 fully saturated rings. The van der Waals surface area contributed by atoms with Gasteiger partial charge in [-0.3, -0.25) is 4.79 Å². The summed E-state index contributed by atoms with van der Waals surface area (Å²) in [4.78, 5) is 33.4. The summed E-state index contributed by atoms with van der Waals surface area (Å²) in [5.41, 5.74) is 1.01. The molecule has 3 atom stereocenters. The molecule has 0 spiro atoms. The Morgan fingerprint density at radius 1 is 1.47 bits per heavy atom. The largest absolute Gasteiger partial charge is 0.472 e. The minimum atomic E-state index is -0.372. The van der Waals surface area contributed by atoms with E-state index in [1.54, 1.807) is 29.1 Å². The molecule has 8 heteroatoms. The highest BCUT2D eigenvalue weighted by Crippen LogP contribution is 2.29. The Labute approximate surface area is 190 Å². The lowest BCUT2D eigenvalue weighted by Gasteiger charge is -2.37. The molecule has 0 aromatic carbocycles. The number of rotatable bonds is 6. The summed E-state index contributed by atoms with van der Waals surface area (Å²) in [5.74, 6) is 6.66. The van der Waals surface area contributed by atoms with E-state index >= 15 is 0 Å². The fourth-order valence-electron chi connectivity index (χ4n) is 3.52. The number of carbonyl (C=O) groups is 2. The fourth-order valence-corrected chi connectivity index (χ4v) is 3.52. The molecule has 2 N–H and O–H groups in total. The number of fused-ring (bicyclic) bond motifs is 1. The number of amides is 3. The van der Waals surface area contributed by atoms with Crippen LogP contribution >= 0.6 is 0 Å². The first-order valence-electron chi connectivity index (χ1n) is 11.4. The Kier molecular flexibility index (Phi) is 7.97. The molecule has 0 radical (unpaired) electrons. The van der Waals surface area contributed by atoms with Crippen molar-refractivity contribution in [2.75, 3.05) is 33.3 Å². The molecule has 8 nitrogen and oxygen atoms in total. The van der Waals surface area contributed by atoms with Crippen LogP contribution in [0.2, 0.25) is 0 Å². The van der Waals surface area contributed by atoms with Gasteiger partial charge < -0.3 is 25.0 Å². The van der Waals surface area contributed by atoms with E-state index in [0.717, 1.165) is 19.3 Å². The van der Waals surface area contributed by atoms with Crippen LogP contribution in [0.1, 0.15) is 56.0 Å². The number of nitrogens with one attached hydrogen (secondary N) is 1. The number of aliphatic hydroxyl groups is 1. The minimum Gasteiger partial charge on any atom is -0.472 e. The Bertz CT molecular complexity index is 890. The van der Waals surface area contributed by atoms with Gasteiger partial charge in [-0.15, -0.1) is 0 Å². The number of pyridine rings is 1. The Morgan fingerprint density at radius 3 is 2.88 bits per heavy atom. The zero-order valence-electron chi connectivity index (χ0n) is 19.4. The van der Waals surface area contributed by atoms with Crippen molar-refractivity contribution in [1.82, 2.24) is 20.1 Å². The second-order valence-electron chi connectivity index (χ2n) is 8.86. The van der Waals surface area contributed by atoms with Crippen molar-refractivity contribution in [3.63, 3.8) is 0 Å². The highest BCUT2D eigenvalue weighted by atomic mass is 16.5. The third-order valence-corrected chi connectivity index (χ3v) is 5.85. The maximum Gasteiger partial charge on any atom is 0.317 e. The molecule has 1 aliphatic carbocycles. The molecule has 0 saturated heterocycles. The number of likely N-dealkylation sites (N-methyl/N-ethyl adjacent to an activating group) is 1. The topological polar surface area (TPSA) is 95.0 Å². The molecular weight excluding hydrogens is 408 g/mol. The van der Waals surface area contributed by atoms with Crippen LogP contribution in [0.4, 0.5) is 4.79 Å². The lowest BCUT2D eigenvalue weighted by Crippen LogP contribution is -2.51. The zero-order valence-corrected chi connectivity index (χ0v) is 19.4. The smallest absolute Gasteiger partial charge is 0.317 e. The van der Waals surface area contributed by atoms with Gasteiger partial charge in [0.2, 0.25) is 5.88 Å². The maximum absolute atomic E-state index is 13.4. The van der Waals surface area contributed by atoms with Crippen LogP contribution in [-0.4, -0.2) is 77.3 Å². The predicted molar refractivity (Wildman–Crippen MR) is 121 cm³/mol. The first-order valence-corrected chi connectivity index (χ1v) is 11.4. The van der Waals surface area contributed by atoms with Gasteiger partial charge in [0.05, 0.1) is 19.2 Å². The van der Waals surface area contributed by atoms with Crippen molar-refractivity contribution in [3.05, 3.63) is 23.4 Å². The summed E-state index contributed by atoms with van der Waals surface area (Å²) < 4.78 is 6.21. The minimum absolute atomic E-state index is 0.0846. The fraction of sp³-hybridized carbons (Fsp3) is 0.625. The number of hydrogen-bond donors (Lipinski definition) is 2. The predicted octanol–water partition coefficient (Wildman–Crippen LogP) is 2.11. The summed E-state index contributed by atoms with van der Waals surface area (Å²) in [6.45, 7) is 7.00. The van der Waals surface area contributed by atoms with Gasteiger partial charge in [-0.2, -0.15) is 0 Å². The molecule has 3 amide bonds. The molecule has 2 aliphatic rings. The van der Waals surface area contributed by atoms with Crippen LogP contribution in [0.3, 0.4) is 0 Å². The number of aromatic nitrogens is 1. The number of nitrogens with zero attached hydrogens (tertiary/aromatic N) is 3. The highest BCUT2D eigenvalue weighted by molar-refractivity contribution is 5.97. The average molecular weight is 443 g/mol. The van der Waals surface area contributed by atoms with Gasteiger partial charge in [-0.05, 0) is 32.3 Å². The molecule has 32 heavy (non-hydrogen) atoms. The van der Waals surface area contributed by atoms with Crippen molar-refractivity contribution < 1.29 is 19.4 Å². The van der Waals surface area contributed by atoms with Crippen LogP contribution < -0.4 is 10.1 Å². The lowest BCUT2D eigenvalue weighted by atomic mass is 10.00. The molecule has 1 saturated carbocycles. The van der Waals surface area contributed by atoms with Gasteiger partial charge >= 0.3 is 6.03 Å². The standard InChI is InChI=1S/C24H34N4O4/c1-5-10-25-24(31)27(4)14-21-16(2)13-28(17(3)15-29)23(30)20-11-19(9-8-18-6-7-18)12-26-22(20)32-21/h11-12,16-18,21,29H,5-7,10,13-15H2,1-4H3,(H,25,31)/t16-,17+,21+/m1/s1. The van der Waals surface area contributed by atoms with Gasteiger partial charge in [0.25, 0.3) is 5.91 Å². The summed E-state index contributed by atoms with van der Waals surface area (Å²) in [5, 5.41) is 12.6. The van der Waals surface area contributed by atoms with Crippen LogP contribution in [0.15, 0.2) is 12.3 Å². The monoisotopic (exact) mass is 442 g/mol. The molecular formula is C24H34N4O4. The second-order valence-corrected chi connectivity index (χ2v) is 8.86. The van der Waals surface area contributed by atoms with E-state index in [-0.39, 0.29) is 42.5 Å². The van der Waals surface area contributed by atoms with Crippen LogP contribution in [0.5, 0.6) is 5.88 Å². The summed E-state index contributed by atoms with van der Waals surface area (Å²) >= 11 is 0. The van der Waals surface area contributed by atoms with Crippen molar-refractivity contribution in [2.45, 2.75) is 52.2 Å². The third kappa shape index (κ3) is 5.92. The molecule has 1 aromatic rings. The van der Waals surface area contributed by atoms with E-state index in [2.05, 4.69) is 22.1 Å². The summed E-state index contributed by atoms with van der Waals surface area (Å²) in [7, 11) is 1.73. The number of hydrogen-bond acceptors (Lipinski definition) is 5. The summed E-state index contributed by atoms with van der Waals surface area (Å²) in [6.07, 6.45) is 4.35. The van der Waals surface area contributed by atoms with Crippen molar-refractivity contribution in [1.29, 1.82) is 0 Å². The maximum atomic E-state index is 13.4. The number of ether oxygens (including phenoxy) is 1.